The maximum Gasteiger partial charge on any atom is 0.325 e. The summed E-state index contributed by atoms with van der Waals surface area (Å²) in [6, 6.07) is -0.640. The number of carbonyl (C=O) groups excluding carboxylic acids is 3. The maximum atomic E-state index is 11.4. The molecule has 0 aliphatic heterocycles. The molecule has 0 heterocycles. The Morgan fingerprint density at radius 1 is 1.16 bits per heavy atom. The molecule has 19 heavy (non-hydrogen) atoms. The first-order chi connectivity index (χ1) is 8.86. The monoisotopic (exact) mass is 275 g/mol. The number of aliphatic carboxylic acids is 1. The van der Waals surface area contributed by atoms with Crippen molar-refractivity contribution in [3.63, 3.8) is 0 Å². The van der Waals surface area contributed by atoms with E-state index in [1.165, 1.54) is 7.05 Å². The molecular weight excluding hydrogens is 258 g/mol. The molecule has 0 saturated heterocycles. The lowest BCUT2D eigenvalue weighted by Crippen LogP contribution is -2.45. The summed E-state index contributed by atoms with van der Waals surface area (Å²) in [6.07, 6.45) is 0. The zero-order valence-corrected chi connectivity index (χ0v) is 10.8. The largest absolute Gasteiger partial charge is 0.480 e. The van der Waals surface area contributed by atoms with Crippen molar-refractivity contribution in [2.75, 3.05) is 33.3 Å². The molecule has 0 rings (SSSR count). The summed E-state index contributed by atoms with van der Waals surface area (Å²) in [6.45, 7) is 0.722. The molecule has 0 spiro atoms. The predicted molar refractivity (Wildman–Crippen MR) is 63.3 cm³/mol. The van der Waals surface area contributed by atoms with Gasteiger partial charge >= 0.3 is 18.0 Å². The topological polar surface area (TPSA) is 125 Å². The van der Waals surface area contributed by atoms with E-state index in [0.717, 1.165) is 4.90 Å². The molecule has 0 radical (unpaired) electrons. The van der Waals surface area contributed by atoms with Gasteiger partial charge in [-0.15, -0.1) is 0 Å². The molecule has 3 amide bonds. The van der Waals surface area contributed by atoms with Crippen molar-refractivity contribution in [3.05, 3.63) is 0 Å². The van der Waals surface area contributed by atoms with Gasteiger partial charge in [0, 0.05) is 7.05 Å². The van der Waals surface area contributed by atoms with Crippen LogP contribution in [-0.2, 0) is 19.1 Å². The highest BCUT2D eigenvalue weighted by Gasteiger charge is 2.14. The van der Waals surface area contributed by atoms with Crippen LogP contribution in [0.15, 0.2) is 0 Å². The Labute approximate surface area is 109 Å². The number of urea groups is 1. The molecule has 108 valence electrons. The fourth-order valence-electron chi connectivity index (χ4n) is 1.000. The van der Waals surface area contributed by atoms with Crippen molar-refractivity contribution in [3.8, 4) is 0 Å². The molecule has 0 aliphatic carbocycles. The van der Waals surface area contributed by atoms with Gasteiger partial charge in [-0.2, -0.15) is 0 Å². The second kappa shape index (κ2) is 8.72. The third kappa shape index (κ3) is 8.41. The molecule has 0 aromatic heterocycles. The zero-order chi connectivity index (χ0) is 14.8. The minimum Gasteiger partial charge on any atom is -0.480 e. The average molecular weight is 275 g/mol. The Morgan fingerprint density at radius 3 is 2.32 bits per heavy atom. The van der Waals surface area contributed by atoms with Crippen molar-refractivity contribution in [2.24, 2.45) is 0 Å². The predicted octanol–water partition coefficient (Wildman–Crippen LogP) is -1.61. The number of carbonyl (C=O) groups is 4. The normalized spacial score (nSPS) is 9.37. The highest BCUT2D eigenvalue weighted by molar-refractivity contribution is 5.87. The lowest BCUT2D eigenvalue weighted by molar-refractivity contribution is -0.143. The minimum atomic E-state index is -1.18. The van der Waals surface area contributed by atoms with Crippen molar-refractivity contribution in [2.45, 2.75) is 6.92 Å². The van der Waals surface area contributed by atoms with Crippen LogP contribution in [0, 0.1) is 0 Å². The molecule has 0 bridgehead atoms. The second-order valence-corrected chi connectivity index (χ2v) is 3.49. The van der Waals surface area contributed by atoms with Gasteiger partial charge in [0.05, 0.1) is 13.2 Å². The number of nitrogens with one attached hydrogen (secondary N) is 2. The van der Waals surface area contributed by atoms with E-state index in [2.05, 4.69) is 15.4 Å². The van der Waals surface area contributed by atoms with E-state index >= 15 is 0 Å². The Bertz CT molecular complexity index is 357. The Balaban J connectivity index is 3.93. The first-order valence-corrected chi connectivity index (χ1v) is 5.49. The first-order valence-electron chi connectivity index (χ1n) is 5.49. The van der Waals surface area contributed by atoms with E-state index in [4.69, 9.17) is 5.11 Å². The number of esters is 1. The maximum absolute atomic E-state index is 11.4. The summed E-state index contributed by atoms with van der Waals surface area (Å²) in [5, 5.41) is 12.6. The van der Waals surface area contributed by atoms with Crippen molar-refractivity contribution in [1.82, 2.24) is 15.5 Å². The van der Waals surface area contributed by atoms with Gasteiger partial charge in [-0.3, -0.25) is 14.4 Å². The number of carboxylic acids is 1. The van der Waals surface area contributed by atoms with E-state index in [1.807, 2.05) is 0 Å². The zero-order valence-electron chi connectivity index (χ0n) is 10.8. The van der Waals surface area contributed by atoms with Crippen molar-refractivity contribution < 1.29 is 29.0 Å². The molecular formula is C10H17N3O6. The third-order valence-corrected chi connectivity index (χ3v) is 1.86. The molecule has 0 atom stereocenters. The number of likely N-dealkylation sites (N-methyl/N-ethyl adjacent to an activating group) is 1. The van der Waals surface area contributed by atoms with Crippen molar-refractivity contribution in [1.29, 1.82) is 0 Å². The van der Waals surface area contributed by atoms with Crippen LogP contribution < -0.4 is 10.6 Å². The molecule has 0 unspecified atom stereocenters. The van der Waals surface area contributed by atoms with Gasteiger partial charge in [0.25, 0.3) is 0 Å². The van der Waals surface area contributed by atoms with Gasteiger partial charge in [-0.1, -0.05) is 0 Å². The molecule has 0 aliphatic rings. The van der Waals surface area contributed by atoms with Gasteiger partial charge < -0.3 is 25.4 Å². The van der Waals surface area contributed by atoms with E-state index < -0.39 is 30.4 Å². The van der Waals surface area contributed by atoms with Crippen molar-refractivity contribution >= 4 is 23.9 Å². The number of rotatable bonds is 7. The molecule has 0 aromatic carbocycles. The van der Waals surface area contributed by atoms with Crippen LogP contribution in [0.2, 0.25) is 0 Å². The average Bonchev–Trinajstić information content (AvgIpc) is 2.33. The van der Waals surface area contributed by atoms with Gasteiger partial charge in [-0.05, 0) is 6.92 Å². The Hall–Kier alpha value is -2.32. The molecule has 3 N–H and O–H groups in total. The van der Waals surface area contributed by atoms with Crippen LogP contribution in [0.25, 0.3) is 0 Å². The molecule has 0 saturated carbocycles. The summed E-state index contributed by atoms with van der Waals surface area (Å²) in [7, 11) is 1.36. The SMILES string of the molecule is CCOC(=O)CN(C)C(=O)NCC(=O)NCC(=O)O. The fourth-order valence-corrected chi connectivity index (χ4v) is 1.000. The van der Waals surface area contributed by atoms with E-state index in [9.17, 15) is 19.2 Å². The third-order valence-electron chi connectivity index (χ3n) is 1.86. The van der Waals surface area contributed by atoms with Crippen LogP contribution in [0.3, 0.4) is 0 Å². The van der Waals surface area contributed by atoms with Gasteiger partial charge in [0.2, 0.25) is 5.91 Å². The second-order valence-electron chi connectivity index (χ2n) is 3.49. The minimum absolute atomic E-state index is 0.214. The summed E-state index contributed by atoms with van der Waals surface area (Å²) >= 11 is 0. The quantitative estimate of drug-likeness (QED) is 0.480. The Kier molecular flexibility index (Phi) is 7.66. The molecule has 9 heteroatoms. The molecule has 0 fully saturated rings. The number of nitrogens with zero attached hydrogens (tertiary/aromatic N) is 1. The summed E-state index contributed by atoms with van der Waals surface area (Å²) < 4.78 is 4.65. The highest BCUT2D eigenvalue weighted by atomic mass is 16.5. The standard InChI is InChI=1S/C10H17N3O6/c1-3-19-9(17)6-13(2)10(18)12-4-7(14)11-5-8(15)16/h3-6H2,1-2H3,(H,11,14)(H,12,18)(H,15,16). The number of carboxylic acid groups (broad SMARTS) is 1. The number of hydrogen-bond acceptors (Lipinski definition) is 5. The van der Waals surface area contributed by atoms with E-state index in [-0.39, 0.29) is 19.7 Å². The van der Waals surface area contributed by atoms with Crippen LogP contribution in [0.5, 0.6) is 0 Å². The number of ether oxygens (including phenoxy) is 1. The first kappa shape index (κ1) is 16.7. The van der Waals surface area contributed by atoms with Gasteiger partial charge in [0.1, 0.15) is 13.1 Å². The molecule has 9 nitrogen and oxygen atoms in total. The lowest BCUT2D eigenvalue weighted by Gasteiger charge is -2.16. The highest BCUT2D eigenvalue weighted by Crippen LogP contribution is 1.87. The van der Waals surface area contributed by atoms with Crippen LogP contribution in [0.1, 0.15) is 6.92 Å². The lowest BCUT2D eigenvalue weighted by atomic mass is 10.5. The molecule has 0 aromatic rings. The fraction of sp³-hybridized carbons (Fsp3) is 0.600. The number of hydrogen-bond donors (Lipinski definition) is 3. The summed E-state index contributed by atoms with van der Waals surface area (Å²) in [5.74, 6) is -2.38. The summed E-state index contributed by atoms with van der Waals surface area (Å²) in [5.41, 5.74) is 0. The van der Waals surface area contributed by atoms with E-state index in [1.54, 1.807) is 6.92 Å². The summed E-state index contributed by atoms with van der Waals surface area (Å²) in [4.78, 5) is 44.8. The van der Waals surface area contributed by atoms with E-state index in [0.29, 0.717) is 0 Å². The smallest absolute Gasteiger partial charge is 0.325 e. The van der Waals surface area contributed by atoms with Gasteiger partial charge in [0.15, 0.2) is 0 Å². The van der Waals surface area contributed by atoms with Crippen LogP contribution >= 0.6 is 0 Å². The Morgan fingerprint density at radius 2 is 1.79 bits per heavy atom. The van der Waals surface area contributed by atoms with Crippen LogP contribution in [-0.4, -0.2) is 67.2 Å². The van der Waals surface area contributed by atoms with Gasteiger partial charge in [-0.25, -0.2) is 4.79 Å². The number of amides is 3. The van der Waals surface area contributed by atoms with Crippen LogP contribution in [0.4, 0.5) is 4.79 Å².